The van der Waals surface area contributed by atoms with Crippen LogP contribution in [0.25, 0.3) is 0 Å². The standard InChI is InChI=1S/C19H31N3O3S/c1-14(2)8-6-7-9-20-17(23)16-10-21-18(26-16)24-12-15-11-22(13-25-15)19(3,4)5/h10,12,14H,6-9,11,13H2,1-5H3,(H,20,23). The zero-order chi connectivity index (χ0) is 19.2. The summed E-state index contributed by atoms with van der Waals surface area (Å²) in [6.07, 6.45) is 6.46. The normalized spacial score (nSPS) is 16.9. The molecule has 0 unspecified atom stereocenters. The number of amides is 1. The third-order valence-electron chi connectivity index (χ3n) is 4.19. The third-order valence-corrected chi connectivity index (χ3v) is 5.08. The maximum atomic E-state index is 12.1. The van der Waals surface area contributed by atoms with Crippen molar-refractivity contribution < 1.29 is 14.3 Å². The fourth-order valence-electron chi connectivity index (χ4n) is 2.44. The van der Waals surface area contributed by atoms with Gasteiger partial charge in [0, 0.05) is 12.1 Å². The molecule has 1 aliphatic heterocycles. The summed E-state index contributed by atoms with van der Waals surface area (Å²) in [5.74, 6) is 1.39. The number of rotatable bonds is 8. The number of aromatic nitrogens is 1. The van der Waals surface area contributed by atoms with E-state index < -0.39 is 0 Å². The lowest BCUT2D eigenvalue weighted by Crippen LogP contribution is -2.39. The first-order chi connectivity index (χ1) is 12.3. The number of ether oxygens (including phenoxy) is 2. The van der Waals surface area contributed by atoms with Crippen LogP contribution in [0.4, 0.5) is 0 Å². The Balaban J connectivity index is 1.75. The van der Waals surface area contributed by atoms with E-state index in [1.165, 1.54) is 17.8 Å². The van der Waals surface area contributed by atoms with E-state index in [1.54, 1.807) is 12.5 Å². The maximum Gasteiger partial charge on any atom is 0.278 e. The molecule has 0 spiro atoms. The van der Waals surface area contributed by atoms with Gasteiger partial charge in [-0.2, -0.15) is 0 Å². The smallest absolute Gasteiger partial charge is 0.278 e. The minimum absolute atomic E-state index is 0.0528. The van der Waals surface area contributed by atoms with Gasteiger partial charge in [-0.3, -0.25) is 9.69 Å². The molecule has 0 saturated carbocycles. The molecule has 7 heteroatoms. The van der Waals surface area contributed by atoms with Crippen molar-refractivity contribution in [2.24, 2.45) is 5.92 Å². The molecule has 1 aromatic heterocycles. The predicted octanol–water partition coefficient (Wildman–Crippen LogP) is 4.01. The maximum absolute atomic E-state index is 12.1. The number of carbonyl (C=O) groups excluding carboxylic acids is 1. The van der Waals surface area contributed by atoms with Crippen molar-refractivity contribution in [1.82, 2.24) is 15.2 Å². The second-order valence-electron chi connectivity index (χ2n) is 7.98. The van der Waals surface area contributed by atoms with E-state index in [0.717, 1.165) is 18.6 Å². The molecule has 1 aliphatic rings. The van der Waals surface area contributed by atoms with Crippen molar-refractivity contribution >= 4 is 17.2 Å². The molecule has 1 N–H and O–H groups in total. The molecule has 2 rings (SSSR count). The molecule has 0 aromatic carbocycles. The summed E-state index contributed by atoms with van der Waals surface area (Å²) in [4.78, 5) is 19.1. The molecule has 2 heterocycles. The number of nitrogens with one attached hydrogen (secondary N) is 1. The monoisotopic (exact) mass is 381 g/mol. The molecule has 1 fully saturated rings. The largest absolute Gasteiger partial charge is 0.478 e. The Morgan fingerprint density at radius 2 is 2.23 bits per heavy atom. The Morgan fingerprint density at radius 1 is 1.46 bits per heavy atom. The quantitative estimate of drug-likeness (QED) is 0.544. The lowest BCUT2D eigenvalue weighted by Gasteiger charge is -2.28. The van der Waals surface area contributed by atoms with Gasteiger partial charge in [0.25, 0.3) is 11.1 Å². The zero-order valence-electron chi connectivity index (χ0n) is 16.5. The van der Waals surface area contributed by atoms with Crippen LogP contribution in [0.1, 0.15) is 63.6 Å². The lowest BCUT2D eigenvalue weighted by atomic mass is 10.1. The van der Waals surface area contributed by atoms with Crippen LogP contribution in [0.2, 0.25) is 0 Å². The second kappa shape index (κ2) is 9.37. The van der Waals surface area contributed by atoms with Gasteiger partial charge in [0.2, 0.25) is 0 Å². The second-order valence-corrected chi connectivity index (χ2v) is 8.97. The van der Waals surface area contributed by atoms with E-state index in [9.17, 15) is 4.79 Å². The Labute approximate surface area is 160 Å². The van der Waals surface area contributed by atoms with Gasteiger partial charge in [0.15, 0.2) is 0 Å². The topological polar surface area (TPSA) is 63.7 Å². The minimum atomic E-state index is -0.0921. The van der Waals surface area contributed by atoms with Crippen molar-refractivity contribution in [3.05, 3.63) is 23.1 Å². The molecule has 0 aliphatic carbocycles. The average Bonchev–Trinajstić information content (AvgIpc) is 3.21. The van der Waals surface area contributed by atoms with Gasteiger partial charge < -0.3 is 14.8 Å². The molecule has 0 atom stereocenters. The zero-order valence-corrected chi connectivity index (χ0v) is 17.3. The first-order valence-electron chi connectivity index (χ1n) is 9.23. The summed E-state index contributed by atoms with van der Waals surface area (Å²) in [6.45, 7) is 12.8. The van der Waals surface area contributed by atoms with Crippen LogP contribution in [0, 0.1) is 5.92 Å². The molecular weight excluding hydrogens is 350 g/mol. The van der Waals surface area contributed by atoms with E-state index in [0.29, 0.717) is 35.8 Å². The summed E-state index contributed by atoms with van der Waals surface area (Å²) in [7, 11) is 0. The lowest BCUT2D eigenvalue weighted by molar-refractivity contribution is 0.0943. The van der Waals surface area contributed by atoms with Crippen molar-refractivity contribution in [1.29, 1.82) is 0 Å². The van der Waals surface area contributed by atoms with Crippen LogP contribution in [-0.2, 0) is 4.74 Å². The van der Waals surface area contributed by atoms with Crippen molar-refractivity contribution in [3.63, 3.8) is 0 Å². The van der Waals surface area contributed by atoms with Crippen LogP contribution < -0.4 is 10.1 Å². The summed E-state index contributed by atoms with van der Waals surface area (Å²) in [5, 5.41) is 3.38. The fourth-order valence-corrected chi connectivity index (χ4v) is 3.10. The Bertz CT molecular complexity index is 620. The highest BCUT2D eigenvalue weighted by Crippen LogP contribution is 2.24. The minimum Gasteiger partial charge on any atom is -0.478 e. The number of hydrogen-bond donors (Lipinski definition) is 1. The van der Waals surface area contributed by atoms with Crippen LogP contribution in [0.5, 0.6) is 5.19 Å². The molecule has 146 valence electrons. The summed E-state index contributed by atoms with van der Waals surface area (Å²) >= 11 is 1.24. The van der Waals surface area contributed by atoms with Gasteiger partial charge >= 0.3 is 0 Å². The van der Waals surface area contributed by atoms with Crippen LogP contribution >= 0.6 is 11.3 Å². The molecule has 1 amide bonds. The van der Waals surface area contributed by atoms with Crippen molar-refractivity contribution in [3.8, 4) is 5.19 Å². The first kappa shape index (κ1) is 20.7. The average molecular weight is 382 g/mol. The van der Waals surface area contributed by atoms with E-state index in [2.05, 4.69) is 49.8 Å². The number of unbranched alkanes of at least 4 members (excludes halogenated alkanes) is 1. The van der Waals surface area contributed by atoms with E-state index in [4.69, 9.17) is 9.47 Å². The highest BCUT2D eigenvalue weighted by Gasteiger charge is 2.28. The summed E-state index contributed by atoms with van der Waals surface area (Å²) in [6, 6.07) is 0. The molecule has 1 saturated heterocycles. The molecular formula is C19H31N3O3S. The molecule has 1 aromatic rings. The highest BCUT2D eigenvalue weighted by molar-refractivity contribution is 7.15. The SMILES string of the molecule is CC(C)CCCCNC(=O)c1cnc(OC=C2CN(C(C)(C)C)CO2)s1. The van der Waals surface area contributed by atoms with E-state index in [-0.39, 0.29) is 11.4 Å². The first-order valence-corrected chi connectivity index (χ1v) is 10.0. The van der Waals surface area contributed by atoms with Crippen LogP contribution in [0.3, 0.4) is 0 Å². The Kier molecular flexibility index (Phi) is 7.46. The number of hydrogen-bond acceptors (Lipinski definition) is 6. The number of thiazole rings is 1. The van der Waals surface area contributed by atoms with Crippen LogP contribution in [-0.4, -0.2) is 41.2 Å². The van der Waals surface area contributed by atoms with Crippen molar-refractivity contribution in [2.45, 2.75) is 59.4 Å². The Morgan fingerprint density at radius 3 is 2.88 bits per heavy atom. The number of nitrogens with zero attached hydrogens (tertiary/aromatic N) is 2. The Hall–Kier alpha value is -1.60. The van der Waals surface area contributed by atoms with E-state index in [1.807, 2.05) is 0 Å². The van der Waals surface area contributed by atoms with Gasteiger partial charge in [-0.15, -0.1) is 0 Å². The van der Waals surface area contributed by atoms with Crippen molar-refractivity contribution in [2.75, 3.05) is 19.8 Å². The number of carbonyl (C=O) groups is 1. The molecule has 0 radical (unpaired) electrons. The van der Waals surface area contributed by atoms with Gasteiger partial charge in [-0.05, 0) is 33.1 Å². The molecule has 26 heavy (non-hydrogen) atoms. The summed E-state index contributed by atoms with van der Waals surface area (Å²) < 4.78 is 11.2. The fraction of sp³-hybridized carbons (Fsp3) is 0.684. The summed E-state index contributed by atoms with van der Waals surface area (Å²) in [5.41, 5.74) is 0.0528. The van der Waals surface area contributed by atoms with Gasteiger partial charge in [-0.1, -0.05) is 38.0 Å². The highest BCUT2D eigenvalue weighted by atomic mass is 32.1. The predicted molar refractivity (Wildman–Crippen MR) is 104 cm³/mol. The third kappa shape index (κ3) is 6.61. The molecule has 6 nitrogen and oxygen atoms in total. The molecule has 0 bridgehead atoms. The van der Waals surface area contributed by atoms with Crippen LogP contribution in [0.15, 0.2) is 18.2 Å². The van der Waals surface area contributed by atoms with Gasteiger partial charge in [0.1, 0.15) is 23.6 Å². The van der Waals surface area contributed by atoms with Gasteiger partial charge in [-0.25, -0.2) is 4.98 Å². The van der Waals surface area contributed by atoms with E-state index >= 15 is 0 Å². The van der Waals surface area contributed by atoms with Gasteiger partial charge in [0.05, 0.1) is 12.7 Å².